The zero-order valence-corrected chi connectivity index (χ0v) is 12.9. The molecule has 1 aromatic carbocycles. The van der Waals surface area contributed by atoms with Crippen LogP contribution in [0.4, 0.5) is 11.5 Å². The van der Waals surface area contributed by atoms with Gasteiger partial charge in [0.05, 0.1) is 5.52 Å². The van der Waals surface area contributed by atoms with Gasteiger partial charge in [-0.2, -0.15) is 5.10 Å². The summed E-state index contributed by atoms with van der Waals surface area (Å²) in [7, 11) is 0. The molecule has 4 rings (SSSR count). The molecule has 3 aromatic heterocycles. The van der Waals surface area contributed by atoms with E-state index < -0.39 is 0 Å². The molecule has 0 amide bonds. The number of nitrogens with one attached hydrogen (secondary N) is 2. The smallest absolute Gasteiger partial charge is 0.178 e. The number of benzene rings is 1. The number of nitrogens with zero attached hydrogens (tertiary/aromatic N) is 3. The molecule has 0 atom stereocenters. The lowest BCUT2D eigenvalue weighted by molar-refractivity contribution is 0.862. The highest BCUT2D eigenvalue weighted by atomic mass is 15.2. The molecular weight excluding hydrogens is 286 g/mol. The third kappa shape index (κ3) is 2.26. The van der Waals surface area contributed by atoms with Crippen LogP contribution in [0.2, 0.25) is 0 Å². The molecule has 0 bridgehead atoms. The Morgan fingerprint density at radius 1 is 1.35 bits per heavy atom. The number of aromatic nitrogens is 4. The van der Waals surface area contributed by atoms with Crippen LogP contribution >= 0.6 is 0 Å². The number of hydrogen-bond acceptors (Lipinski definition) is 3. The summed E-state index contributed by atoms with van der Waals surface area (Å²) in [5.74, 6) is 0.739. The van der Waals surface area contributed by atoms with Gasteiger partial charge in [0, 0.05) is 35.5 Å². The Balaban J connectivity index is 1.75. The van der Waals surface area contributed by atoms with Gasteiger partial charge in [0.25, 0.3) is 0 Å². The molecule has 4 aromatic rings. The maximum atomic E-state index is 4.37. The van der Waals surface area contributed by atoms with Crippen LogP contribution in [-0.2, 0) is 6.54 Å². The van der Waals surface area contributed by atoms with Gasteiger partial charge in [-0.1, -0.05) is 6.08 Å². The molecule has 114 valence electrons. The number of H-pyrrole nitrogens is 1. The Morgan fingerprint density at radius 2 is 2.26 bits per heavy atom. The highest BCUT2D eigenvalue weighted by molar-refractivity contribution is 5.91. The van der Waals surface area contributed by atoms with Crippen molar-refractivity contribution >= 4 is 33.4 Å². The summed E-state index contributed by atoms with van der Waals surface area (Å²) in [6, 6.07) is 10.2. The highest BCUT2D eigenvalue weighted by Crippen LogP contribution is 2.27. The van der Waals surface area contributed by atoms with Gasteiger partial charge in [0.1, 0.15) is 5.52 Å². The van der Waals surface area contributed by atoms with Crippen molar-refractivity contribution in [3.63, 3.8) is 0 Å². The van der Waals surface area contributed by atoms with Gasteiger partial charge in [-0.05, 0) is 42.8 Å². The summed E-state index contributed by atoms with van der Waals surface area (Å²) in [6.07, 6.45) is 5.83. The summed E-state index contributed by atoms with van der Waals surface area (Å²) in [5, 5.41) is 11.9. The Hall–Kier alpha value is -3.08. The summed E-state index contributed by atoms with van der Waals surface area (Å²) >= 11 is 0. The lowest BCUT2D eigenvalue weighted by Gasteiger charge is -2.05. The molecule has 0 radical (unpaired) electrons. The topological polar surface area (TPSA) is 58.5 Å². The number of anilines is 2. The molecule has 0 saturated carbocycles. The number of rotatable bonds is 4. The lowest BCUT2D eigenvalue weighted by Crippen LogP contribution is -1.94. The third-order valence-corrected chi connectivity index (χ3v) is 3.99. The van der Waals surface area contributed by atoms with Gasteiger partial charge in [-0.3, -0.25) is 10.1 Å². The van der Waals surface area contributed by atoms with E-state index in [0.29, 0.717) is 0 Å². The summed E-state index contributed by atoms with van der Waals surface area (Å²) in [5.41, 5.74) is 5.21. The van der Waals surface area contributed by atoms with Crippen molar-refractivity contribution in [2.24, 2.45) is 0 Å². The minimum atomic E-state index is 0.739. The van der Waals surface area contributed by atoms with E-state index in [1.54, 1.807) is 6.20 Å². The number of pyridine rings is 1. The molecule has 0 aliphatic heterocycles. The first kappa shape index (κ1) is 13.6. The molecule has 5 heteroatoms. The summed E-state index contributed by atoms with van der Waals surface area (Å²) in [4.78, 5) is 4.37. The Morgan fingerprint density at radius 3 is 3.13 bits per heavy atom. The quantitative estimate of drug-likeness (QED) is 0.557. The first-order chi connectivity index (χ1) is 11.3. The normalized spacial score (nSPS) is 11.2. The van der Waals surface area contributed by atoms with Crippen LogP contribution in [0.3, 0.4) is 0 Å². The van der Waals surface area contributed by atoms with Crippen molar-refractivity contribution in [1.29, 1.82) is 0 Å². The average molecular weight is 303 g/mol. The third-order valence-electron chi connectivity index (χ3n) is 3.99. The van der Waals surface area contributed by atoms with Crippen molar-refractivity contribution in [3.8, 4) is 0 Å². The van der Waals surface area contributed by atoms with Crippen molar-refractivity contribution in [1.82, 2.24) is 19.7 Å². The van der Waals surface area contributed by atoms with E-state index in [9.17, 15) is 0 Å². The second-order valence-electron chi connectivity index (χ2n) is 5.58. The van der Waals surface area contributed by atoms with Crippen molar-refractivity contribution < 1.29 is 0 Å². The van der Waals surface area contributed by atoms with E-state index >= 15 is 0 Å². The summed E-state index contributed by atoms with van der Waals surface area (Å²) < 4.78 is 2.20. The van der Waals surface area contributed by atoms with E-state index in [0.717, 1.165) is 29.1 Å². The Kier molecular flexibility index (Phi) is 3.12. The second-order valence-corrected chi connectivity index (χ2v) is 5.58. The minimum absolute atomic E-state index is 0.739. The molecule has 2 N–H and O–H groups in total. The first-order valence-corrected chi connectivity index (χ1v) is 7.53. The van der Waals surface area contributed by atoms with Crippen molar-refractivity contribution in [2.45, 2.75) is 13.5 Å². The molecular formula is C18H17N5. The van der Waals surface area contributed by atoms with E-state index in [1.165, 1.54) is 16.5 Å². The predicted octanol–water partition coefficient (Wildman–Crippen LogP) is 4.15. The molecule has 5 nitrogen and oxygen atoms in total. The van der Waals surface area contributed by atoms with Gasteiger partial charge in [0.2, 0.25) is 0 Å². The number of hydrogen-bond donors (Lipinski definition) is 2. The summed E-state index contributed by atoms with van der Waals surface area (Å²) in [6.45, 7) is 6.75. The number of fused-ring (bicyclic) bond motifs is 2. The Labute approximate surface area is 133 Å². The fourth-order valence-electron chi connectivity index (χ4n) is 2.92. The lowest BCUT2D eigenvalue weighted by atomic mass is 10.1. The number of allylic oxidation sites excluding steroid dienone is 1. The average Bonchev–Trinajstić information content (AvgIpc) is 3.10. The van der Waals surface area contributed by atoms with E-state index in [1.807, 2.05) is 18.2 Å². The van der Waals surface area contributed by atoms with E-state index in [2.05, 4.69) is 63.0 Å². The molecule has 0 fully saturated rings. The second kappa shape index (κ2) is 5.28. The van der Waals surface area contributed by atoms with E-state index in [4.69, 9.17) is 0 Å². The van der Waals surface area contributed by atoms with Crippen LogP contribution in [0.25, 0.3) is 21.9 Å². The number of aromatic amines is 1. The van der Waals surface area contributed by atoms with Crippen LogP contribution in [-0.4, -0.2) is 19.7 Å². The first-order valence-electron chi connectivity index (χ1n) is 7.53. The van der Waals surface area contributed by atoms with Gasteiger partial charge in [-0.25, -0.2) is 0 Å². The van der Waals surface area contributed by atoms with Gasteiger partial charge < -0.3 is 9.88 Å². The van der Waals surface area contributed by atoms with Gasteiger partial charge in [-0.15, -0.1) is 6.58 Å². The Bertz CT molecular complexity index is 1010. The molecule has 0 aliphatic rings. The fraction of sp³-hybridized carbons (Fsp3) is 0.111. The van der Waals surface area contributed by atoms with E-state index in [-0.39, 0.29) is 0 Å². The van der Waals surface area contributed by atoms with Crippen LogP contribution < -0.4 is 5.32 Å². The molecule has 0 saturated heterocycles. The maximum Gasteiger partial charge on any atom is 0.178 e. The fourth-order valence-corrected chi connectivity index (χ4v) is 2.92. The monoisotopic (exact) mass is 303 g/mol. The molecule has 0 spiro atoms. The standard InChI is InChI=1S/C18H17N5/c1-3-9-23-11-12(2)14-10-13(6-7-16(14)23)20-18-17-15(21-22-18)5-4-8-19-17/h3-8,10-11H,1,9H2,2H3,(H2,20,21,22). The zero-order valence-electron chi connectivity index (χ0n) is 12.9. The SMILES string of the molecule is C=CCn1cc(C)c2cc(Nc3n[nH]c4cccnc34)ccc21. The molecule has 0 aliphatic carbocycles. The van der Waals surface area contributed by atoms with Crippen molar-refractivity contribution in [2.75, 3.05) is 5.32 Å². The van der Waals surface area contributed by atoms with Crippen LogP contribution in [0.5, 0.6) is 0 Å². The predicted molar refractivity (Wildman–Crippen MR) is 94.0 cm³/mol. The van der Waals surface area contributed by atoms with Crippen LogP contribution in [0.15, 0.2) is 55.4 Å². The molecule has 3 heterocycles. The molecule has 0 unspecified atom stereocenters. The molecule has 23 heavy (non-hydrogen) atoms. The zero-order chi connectivity index (χ0) is 15.8. The van der Waals surface area contributed by atoms with Crippen LogP contribution in [0.1, 0.15) is 5.56 Å². The minimum Gasteiger partial charge on any atom is -0.343 e. The largest absolute Gasteiger partial charge is 0.343 e. The number of aryl methyl sites for hydroxylation is 1. The van der Waals surface area contributed by atoms with Gasteiger partial charge >= 0.3 is 0 Å². The van der Waals surface area contributed by atoms with Crippen molar-refractivity contribution in [3.05, 3.63) is 60.9 Å². The van der Waals surface area contributed by atoms with Crippen LogP contribution in [0, 0.1) is 6.92 Å². The van der Waals surface area contributed by atoms with Gasteiger partial charge in [0.15, 0.2) is 5.82 Å². The highest BCUT2D eigenvalue weighted by Gasteiger charge is 2.09. The maximum absolute atomic E-state index is 4.37.